The van der Waals surface area contributed by atoms with E-state index in [4.69, 9.17) is 16.2 Å². The number of guanidine groups is 2. The van der Waals surface area contributed by atoms with Crippen molar-refractivity contribution < 1.29 is 24.5 Å². The van der Waals surface area contributed by atoms with Gasteiger partial charge in [-0.05, 0) is 30.9 Å². The molecule has 4 aliphatic heterocycles. The summed E-state index contributed by atoms with van der Waals surface area (Å²) in [6.45, 7) is 6.20. The van der Waals surface area contributed by atoms with Crippen LogP contribution in [-0.2, 0) is 5.41 Å². The third-order valence-corrected chi connectivity index (χ3v) is 8.58. The van der Waals surface area contributed by atoms with E-state index in [2.05, 4.69) is 49.8 Å². The van der Waals surface area contributed by atoms with E-state index in [1.54, 1.807) is 19.1 Å². The molecule has 1 fully saturated rings. The normalized spacial score (nSPS) is 28.2. The Bertz CT molecular complexity index is 1520. The van der Waals surface area contributed by atoms with E-state index in [1.807, 2.05) is 6.07 Å². The van der Waals surface area contributed by atoms with Crippen molar-refractivity contribution >= 4 is 23.7 Å². The Morgan fingerprint density at radius 2 is 1.98 bits per heavy atom. The van der Waals surface area contributed by atoms with Crippen LogP contribution in [0.2, 0.25) is 0 Å². The monoisotopic (exact) mass is 578 g/mol. The number of carbonyl (C=O) groups excluding carboxylic acids is 2. The van der Waals surface area contributed by atoms with Gasteiger partial charge in [-0.2, -0.15) is 0 Å². The molecule has 1 saturated heterocycles. The molecular formula is C27H34N10O5. The molecule has 6 rings (SSSR count). The fraction of sp³-hybridized carbons (Fsp3) is 0.481. The Balaban J connectivity index is 1.26. The first-order valence-corrected chi connectivity index (χ1v) is 13.7. The van der Waals surface area contributed by atoms with Crippen LogP contribution >= 0.6 is 0 Å². The third kappa shape index (κ3) is 4.10. The Labute approximate surface area is 241 Å². The Hall–Kier alpha value is -4.50. The van der Waals surface area contributed by atoms with Crippen LogP contribution in [0.15, 0.2) is 40.6 Å². The lowest BCUT2D eigenvalue weighted by atomic mass is 9.79. The van der Waals surface area contributed by atoms with E-state index in [0.29, 0.717) is 18.1 Å². The number of amides is 2. The zero-order chi connectivity index (χ0) is 30.0. The van der Waals surface area contributed by atoms with E-state index in [0.717, 1.165) is 12.0 Å². The molecule has 1 unspecified atom stereocenters. The summed E-state index contributed by atoms with van der Waals surface area (Å²) in [4.78, 5) is 44.7. The van der Waals surface area contributed by atoms with Gasteiger partial charge in [0.2, 0.25) is 5.79 Å². The molecule has 0 aliphatic carbocycles. The molecule has 9 N–H and O–H groups in total. The highest BCUT2D eigenvalue weighted by molar-refractivity contribution is 5.98. The summed E-state index contributed by atoms with van der Waals surface area (Å²) >= 11 is 0. The van der Waals surface area contributed by atoms with E-state index < -0.39 is 41.4 Å². The predicted molar refractivity (Wildman–Crippen MR) is 150 cm³/mol. The minimum Gasteiger partial charge on any atom is -0.492 e. The van der Waals surface area contributed by atoms with Gasteiger partial charge in [0.25, 0.3) is 11.8 Å². The van der Waals surface area contributed by atoms with Crippen LogP contribution in [0.5, 0.6) is 5.75 Å². The summed E-state index contributed by atoms with van der Waals surface area (Å²) in [5.41, 5.74) is 12.4. The molecule has 0 saturated carbocycles. The summed E-state index contributed by atoms with van der Waals surface area (Å²) in [7, 11) is 0. The second kappa shape index (κ2) is 9.52. The van der Waals surface area contributed by atoms with Gasteiger partial charge in [-0.15, -0.1) is 0 Å². The molecule has 42 heavy (non-hydrogen) atoms. The van der Waals surface area contributed by atoms with Crippen LogP contribution in [0.4, 0.5) is 0 Å². The number of aliphatic imine (C=N–C) groups is 2. The fourth-order valence-electron chi connectivity index (χ4n) is 6.30. The summed E-state index contributed by atoms with van der Waals surface area (Å²) in [6, 6.07) is 3.84. The maximum absolute atomic E-state index is 13.6. The van der Waals surface area contributed by atoms with E-state index in [-0.39, 0.29) is 41.7 Å². The SMILES string of the molecule is Cc1cc(C(=O)NC[C@@H]2N=C(N)N3CC(NC(=O)c4cccc5c4OCCC5(C)C)C(O)(O)[C@@]34NC(N)=N[C@@H]24)ncn1. The number of aryl methyl sites for hydroxylation is 1. The summed E-state index contributed by atoms with van der Waals surface area (Å²) in [6.07, 6.45) is 2.09. The highest BCUT2D eigenvalue weighted by Crippen LogP contribution is 2.45. The van der Waals surface area contributed by atoms with Gasteiger partial charge in [0.05, 0.1) is 18.2 Å². The Morgan fingerprint density at radius 3 is 2.74 bits per heavy atom. The van der Waals surface area contributed by atoms with Crippen LogP contribution in [0.25, 0.3) is 0 Å². The van der Waals surface area contributed by atoms with Crippen molar-refractivity contribution in [1.29, 1.82) is 0 Å². The summed E-state index contributed by atoms with van der Waals surface area (Å²) < 4.78 is 5.90. The molecule has 2 amide bonds. The number of aliphatic hydroxyl groups is 2. The number of nitrogens with one attached hydrogen (secondary N) is 3. The van der Waals surface area contributed by atoms with Crippen LogP contribution in [0.3, 0.4) is 0 Å². The highest BCUT2D eigenvalue weighted by atomic mass is 16.5. The maximum atomic E-state index is 13.6. The largest absolute Gasteiger partial charge is 0.492 e. The lowest BCUT2D eigenvalue weighted by Crippen LogP contribution is -2.78. The number of fused-ring (bicyclic) bond motifs is 1. The van der Waals surface area contributed by atoms with Gasteiger partial charge in [0.15, 0.2) is 17.6 Å². The van der Waals surface area contributed by atoms with Crippen LogP contribution in [0.1, 0.15) is 52.4 Å². The highest BCUT2D eigenvalue weighted by Gasteiger charge is 2.73. The van der Waals surface area contributed by atoms with Crippen molar-refractivity contribution in [3.63, 3.8) is 0 Å². The summed E-state index contributed by atoms with van der Waals surface area (Å²) in [5, 5.41) is 31.9. The number of para-hydroxylation sites is 1. The minimum absolute atomic E-state index is 0.0350. The minimum atomic E-state index is -2.63. The van der Waals surface area contributed by atoms with Crippen molar-refractivity contribution in [3.05, 3.63) is 53.1 Å². The average Bonchev–Trinajstić information content (AvgIpc) is 3.40. The molecule has 4 aliphatic rings. The first-order chi connectivity index (χ1) is 19.8. The first-order valence-electron chi connectivity index (χ1n) is 13.7. The van der Waals surface area contributed by atoms with E-state index >= 15 is 0 Å². The number of rotatable bonds is 5. The zero-order valence-electron chi connectivity index (χ0n) is 23.5. The van der Waals surface area contributed by atoms with Crippen molar-refractivity contribution in [1.82, 2.24) is 30.8 Å². The van der Waals surface area contributed by atoms with Crippen molar-refractivity contribution in [2.24, 2.45) is 21.5 Å². The number of nitrogens with two attached hydrogens (primary N) is 2. The fourth-order valence-corrected chi connectivity index (χ4v) is 6.30. The number of nitrogens with zero attached hydrogens (tertiary/aromatic N) is 5. The van der Waals surface area contributed by atoms with Crippen LogP contribution in [-0.4, -0.2) is 98.1 Å². The first kappa shape index (κ1) is 27.7. The second-order valence-electron chi connectivity index (χ2n) is 11.7. The second-order valence-corrected chi connectivity index (χ2v) is 11.7. The molecule has 0 radical (unpaired) electrons. The maximum Gasteiger partial charge on any atom is 0.270 e. The molecule has 2 aromatic rings. The Kier molecular flexibility index (Phi) is 6.27. The van der Waals surface area contributed by atoms with Crippen LogP contribution < -0.4 is 32.2 Å². The number of hydrogen-bond donors (Lipinski definition) is 7. The number of aromatic nitrogens is 2. The van der Waals surface area contributed by atoms with E-state index in [1.165, 1.54) is 17.3 Å². The molecule has 4 atom stereocenters. The van der Waals surface area contributed by atoms with E-state index in [9.17, 15) is 19.8 Å². The molecule has 1 aromatic carbocycles. The standard InChI is InChI=1S/C27H34N10O5/c1-13-9-16(32-12-31-13)22(39)30-10-17-20-26(36-23(28)35-20)27(40,41)18(11-37(26)24(29)33-17)34-21(38)14-5-4-6-15-19(14)42-8-7-25(15,2)3/h4-6,9,12,17-18,20,40-41H,7-8,10-11H2,1-3H3,(H2,29,33)(H,30,39)(H,34,38)(H3,28,35,36)/t17-,18?,20-,26-/m0/s1. The molecule has 5 heterocycles. The number of carbonyl (C=O) groups is 2. The Morgan fingerprint density at radius 1 is 1.19 bits per heavy atom. The molecule has 1 spiro atoms. The molecular weight excluding hydrogens is 544 g/mol. The number of hydrogen-bond acceptors (Lipinski definition) is 13. The third-order valence-electron chi connectivity index (χ3n) is 8.58. The van der Waals surface area contributed by atoms with Gasteiger partial charge in [0, 0.05) is 24.3 Å². The average molecular weight is 579 g/mol. The molecule has 1 aromatic heterocycles. The molecule has 222 valence electrons. The lowest BCUT2D eigenvalue weighted by molar-refractivity contribution is -0.230. The van der Waals surface area contributed by atoms with Crippen LogP contribution in [0, 0.1) is 6.92 Å². The number of benzene rings is 1. The topological polar surface area (TPSA) is 226 Å². The van der Waals surface area contributed by atoms with Gasteiger partial charge in [-0.1, -0.05) is 26.0 Å². The lowest BCUT2D eigenvalue weighted by Gasteiger charge is -2.49. The van der Waals surface area contributed by atoms with Crippen molar-refractivity contribution in [2.75, 3.05) is 19.7 Å². The van der Waals surface area contributed by atoms with Gasteiger partial charge in [-0.25, -0.2) is 20.0 Å². The van der Waals surface area contributed by atoms with Crippen molar-refractivity contribution in [3.8, 4) is 5.75 Å². The quantitative estimate of drug-likeness (QED) is 0.193. The molecule has 15 heteroatoms. The number of ether oxygens (including phenoxy) is 1. The van der Waals surface area contributed by atoms with Gasteiger partial charge >= 0.3 is 0 Å². The van der Waals surface area contributed by atoms with Gasteiger partial charge in [-0.3, -0.25) is 9.59 Å². The smallest absolute Gasteiger partial charge is 0.270 e. The van der Waals surface area contributed by atoms with Crippen molar-refractivity contribution in [2.45, 2.75) is 62.2 Å². The molecule has 0 bridgehead atoms. The summed E-state index contributed by atoms with van der Waals surface area (Å²) in [5.74, 6) is -3.26. The predicted octanol–water partition coefficient (Wildman–Crippen LogP) is -1.95. The molecule has 15 nitrogen and oxygen atoms in total. The van der Waals surface area contributed by atoms with Gasteiger partial charge in [0.1, 0.15) is 29.9 Å². The van der Waals surface area contributed by atoms with Gasteiger partial charge < -0.3 is 47.3 Å². The zero-order valence-corrected chi connectivity index (χ0v) is 23.5.